The van der Waals surface area contributed by atoms with Gasteiger partial charge in [0.05, 0.1) is 18.5 Å². The first-order valence-corrected chi connectivity index (χ1v) is 6.55. The summed E-state index contributed by atoms with van der Waals surface area (Å²) in [5.41, 5.74) is 5.64. The molecule has 7 heteroatoms. The molecule has 20 heavy (non-hydrogen) atoms. The Hall–Kier alpha value is -1.89. The summed E-state index contributed by atoms with van der Waals surface area (Å²) in [5.74, 6) is -2.22. The van der Waals surface area contributed by atoms with Gasteiger partial charge in [0.15, 0.2) is 0 Å². The first-order valence-electron chi connectivity index (χ1n) is 6.55. The van der Waals surface area contributed by atoms with Crippen LogP contribution in [0.3, 0.4) is 0 Å². The Kier molecular flexibility index (Phi) is 5.69. The fourth-order valence-electron chi connectivity index (χ4n) is 1.83. The molecular formula is C13H21N3O4. The number of hydrogen-bond donors (Lipinski definition) is 4. The molecule has 0 aliphatic heterocycles. The van der Waals surface area contributed by atoms with Crippen molar-refractivity contribution < 1.29 is 19.5 Å². The number of carbonyl (C=O) groups is 3. The van der Waals surface area contributed by atoms with E-state index in [2.05, 4.69) is 10.6 Å². The van der Waals surface area contributed by atoms with Crippen molar-refractivity contribution in [1.29, 1.82) is 0 Å². The molecule has 5 N–H and O–H groups in total. The molecule has 0 bridgehead atoms. The van der Waals surface area contributed by atoms with E-state index in [4.69, 9.17) is 10.8 Å². The van der Waals surface area contributed by atoms with Crippen molar-refractivity contribution in [3.63, 3.8) is 0 Å². The third-order valence-electron chi connectivity index (χ3n) is 3.19. The summed E-state index contributed by atoms with van der Waals surface area (Å²) in [4.78, 5) is 33.9. The predicted molar refractivity (Wildman–Crippen MR) is 72.6 cm³/mol. The maximum Gasteiger partial charge on any atom is 0.310 e. The van der Waals surface area contributed by atoms with Crippen LogP contribution in [0.2, 0.25) is 0 Å². The Morgan fingerprint density at radius 2 is 2.00 bits per heavy atom. The highest BCUT2D eigenvalue weighted by Crippen LogP contribution is 2.17. The molecule has 0 aromatic carbocycles. The standard InChI is InChI=1S/C13H21N3O4/c1-7(2)11(14)12(18)15-6-10(17)16-9-4-3-8(5-9)13(19)20/h3-4,7-9,11H,5-6,14H2,1-2H3,(H,15,18)(H,16,17)(H,19,20)/t8?,9?,11-/m0/s1. The highest BCUT2D eigenvalue weighted by atomic mass is 16.4. The minimum atomic E-state index is -0.908. The summed E-state index contributed by atoms with van der Waals surface area (Å²) in [7, 11) is 0. The number of amides is 2. The van der Waals surface area contributed by atoms with Crippen molar-refractivity contribution in [2.75, 3.05) is 6.54 Å². The van der Waals surface area contributed by atoms with Crippen molar-refractivity contribution in [1.82, 2.24) is 10.6 Å². The van der Waals surface area contributed by atoms with Crippen LogP contribution >= 0.6 is 0 Å². The van der Waals surface area contributed by atoms with Gasteiger partial charge < -0.3 is 21.5 Å². The van der Waals surface area contributed by atoms with Crippen molar-refractivity contribution in [2.24, 2.45) is 17.6 Å². The van der Waals surface area contributed by atoms with Crippen molar-refractivity contribution in [3.05, 3.63) is 12.2 Å². The molecule has 0 saturated heterocycles. The van der Waals surface area contributed by atoms with Crippen LogP contribution < -0.4 is 16.4 Å². The second-order valence-corrected chi connectivity index (χ2v) is 5.23. The molecule has 2 amide bonds. The quantitative estimate of drug-likeness (QED) is 0.477. The Morgan fingerprint density at radius 3 is 2.50 bits per heavy atom. The maximum atomic E-state index is 11.6. The van der Waals surface area contributed by atoms with Gasteiger partial charge in [-0.1, -0.05) is 26.0 Å². The molecule has 0 saturated carbocycles. The van der Waals surface area contributed by atoms with Crippen molar-refractivity contribution in [2.45, 2.75) is 32.4 Å². The molecule has 0 spiro atoms. The zero-order valence-corrected chi connectivity index (χ0v) is 11.6. The molecule has 1 rings (SSSR count). The maximum absolute atomic E-state index is 11.6. The van der Waals surface area contributed by atoms with E-state index < -0.39 is 17.9 Å². The highest BCUT2D eigenvalue weighted by Gasteiger charge is 2.25. The van der Waals surface area contributed by atoms with Crippen LogP contribution in [0, 0.1) is 11.8 Å². The minimum absolute atomic E-state index is 0.00727. The number of nitrogens with one attached hydrogen (secondary N) is 2. The number of hydrogen-bond acceptors (Lipinski definition) is 4. The van der Waals surface area contributed by atoms with Crippen molar-refractivity contribution in [3.8, 4) is 0 Å². The fourth-order valence-corrected chi connectivity index (χ4v) is 1.83. The van der Waals surface area contributed by atoms with Gasteiger partial charge in [-0.2, -0.15) is 0 Å². The van der Waals surface area contributed by atoms with E-state index in [1.165, 1.54) is 0 Å². The van der Waals surface area contributed by atoms with E-state index in [1.807, 2.05) is 13.8 Å². The van der Waals surface area contributed by atoms with Crippen molar-refractivity contribution >= 4 is 17.8 Å². The zero-order valence-electron chi connectivity index (χ0n) is 11.6. The molecule has 0 radical (unpaired) electrons. The predicted octanol–water partition coefficient (Wildman–Crippen LogP) is -0.769. The monoisotopic (exact) mass is 283 g/mol. The van der Waals surface area contributed by atoms with Gasteiger partial charge in [-0.15, -0.1) is 0 Å². The second kappa shape index (κ2) is 7.04. The Labute approximate surface area is 117 Å². The van der Waals surface area contributed by atoms with Crippen LogP contribution in [0.25, 0.3) is 0 Å². The SMILES string of the molecule is CC(C)[C@H](N)C(=O)NCC(=O)NC1C=CC(C(=O)O)C1. The molecule has 1 aliphatic carbocycles. The Morgan fingerprint density at radius 1 is 1.35 bits per heavy atom. The molecule has 0 aromatic heterocycles. The summed E-state index contributed by atoms with van der Waals surface area (Å²) in [6.07, 6.45) is 3.54. The van der Waals surface area contributed by atoms with Gasteiger partial charge in [-0.3, -0.25) is 14.4 Å². The normalized spacial score (nSPS) is 22.6. The summed E-state index contributed by atoms with van der Waals surface area (Å²) in [6.45, 7) is 3.47. The average molecular weight is 283 g/mol. The van der Waals surface area contributed by atoms with E-state index in [0.29, 0.717) is 6.42 Å². The van der Waals surface area contributed by atoms with Gasteiger partial charge in [-0.05, 0) is 12.3 Å². The highest BCUT2D eigenvalue weighted by molar-refractivity contribution is 5.87. The largest absolute Gasteiger partial charge is 0.481 e. The summed E-state index contributed by atoms with van der Waals surface area (Å²) < 4.78 is 0. The molecule has 0 heterocycles. The Bertz CT molecular complexity index is 420. The zero-order chi connectivity index (χ0) is 15.3. The smallest absolute Gasteiger partial charge is 0.310 e. The number of carboxylic acids is 1. The Balaban J connectivity index is 2.30. The molecule has 3 atom stereocenters. The molecule has 112 valence electrons. The molecule has 2 unspecified atom stereocenters. The van der Waals surface area contributed by atoms with E-state index in [0.717, 1.165) is 0 Å². The number of rotatable bonds is 6. The topological polar surface area (TPSA) is 122 Å². The van der Waals surface area contributed by atoms with Crippen LogP contribution in [-0.4, -0.2) is 41.5 Å². The number of nitrogens with two attached hydrogens (primary N) is 1. The van der Waals surface area contributed by atoms with Gasteiger partial charge >= 0.3 is 5.97 Å². The van der Waals surface area contributed by atoms with Crippen LogP contribution in [0.1, 0.15) is 20.3 Å². The van der Waals surface area contributed by atoms with E-state index in [9.17, 15) is 14.4 Å². The van der Waals surface area contributed by atoms with Crippen LogP contribution in [0.4, 0.5) is 0 Å². The molecule has 0 fully saturated rings. The number of carbonyl (C=O) groups excluding carboxylic acids is 2. The second-order valence-electron chi connectivity index (χ2n) is 5.23. The van der Waals surface area contributed by atoms with E-state index >= 15 is 0 Å². The van der Waals surface area contributed by atoms with E-state index in [1.54, 1.807) is 12.2 Å². The first kappa shape index (κ1) is 16.2. The lowest BCUT2D eigenvalue weighted by molar-refractivity contribution is -0.140. The van der Waals surface area contributed by atoms with Gasteiger partial charge in [0.1, 0.15) is 0 Å². The van der Waals surface area contributed by atoms with Crippen LogP contribution in [-0.2, 0) is 14.4 Å². The summed E-state index contributed by atoms with van der Waals surface area (Å²) in [5, 5.41) is 13.9. The van der Waals surface area contributed by atoms with Gasteiger partial charge in [0.2, 0.25) is 11.8 Å². The third kappa shape index (κ3) is 4.65. The number of carboxylic acid groups (broad SMARTS) is 1. The lowest BCUT2D eigenvalue weighted by Gasteiger charge is -2.16. The van der Waals surface area contributed by atoms with Gasteiger partial charge in [0.25, 0.3) is 0 Å². The number of aliphatic carboxylic acids is 1. The molecule has 0 aromatic rings. The summed E-state index contributed by atoms with van der Waals surface area (Å²) >= 11 is 0. The van der Waals surface area contributed by atoms with E-state index in [-0.39, 0.29) is 30.3 Å². The lowest BCUT2D eigenvalue weighted by Crippen LogP contribution is -2.48. The molecule has 7 nitrogen and oxygen atoms in total. The van der Waals surface area contributed by atoms with Crippen LogP contribution in [0.15, 0.2) is 12.2 Å². The first-order chi connectivity index (χ1) is 9.31. The molecular weight excluding hydrogens is 262 g/mol. The fraction of sp³-hybridized carbons (Fsp3) is 0.615. The lowest BCUT2D eigenvalue weighted by atomic mass is 10.1. The minimum Gasteiger partial charge on any atom is -0.481 e. The summed E-state index contributed by atoms with van der Waals surface area (Å²) in [6, 6.07) is -0.954. The van der Waals surface area contributed by atoms with Gasteiger partial charge in [-0.25, -0.2) is 0 Å². The average Bonchev–Trinajstić information content (AvgIpc) is 2.83. The van der Waals surface area contributed by atoms with Crippen LogP contribution in [0.5, 0.6) is 0 Å². The van der Waals surface area contributed by atoms with Gasteiger partial charge in [0, 0.05) is 6.04 Å². The third-order valence-corrected chi connectivity index (χ3v) is 3.19. The molecule has 1 aliphatic rings.